The number of anilines is 1. The van der Waals surface area contributed by atoms with Crippen molar-refractivity contribution in [3.63, 3.8) is 0 Å². The number of hydrogen-bond donors (Lipinski definition) is 0. The maximum atomic E-state index is 9.45. The Hall–Kier alpha value is -2.56. The first-order valence-corrected chi connectivity index (χ1v) is 12.6. The van der Waals surface area contributed by atoms with Crippen LogP contribution in [-0.4, -0.2) is 26.1 Å². The number of halogens is 2. The van der Waals surface area contributed by atoms with E-state index in [1.165, 1.54) is 6.92 Å². The molecule has 0 spiro atoms. The molecule has 0 unspecified atom stereocenters. The van der Waals surface area contributed by atoms with Gasteiger partial charge >= 0.3 is 5.89 Å². The monoisotopic (exact) mass is 526 g/mol. The van der Waals surface area contributed by atoms with E-state index in [4.69, 9.17) is 32.4 Å². The minimum atomic E-state index is -4.42. The number of aryl methyl sites for hydroxylation is 1. The molecule has 2 heterocycles. The van der Waals surface area contributed by atoms with Gasteiger partial charge in [0.05, 0.1) is 18.4 Å². The van der Waals surface area contributed by atoms with Crippen molar-refractivity contribution in [2.24, 2.45) is 0 Å². The van der Waals surface area contributed by atoms with E-state index in [1.54, 1.807) is 0 Å². The molecule has 0 amide bonds. The number of nitrogens with zero attached hydrogens (tertiary/aromatic N) is 2. The Labute approximate surface area is 208 Å². The predicted molar refractivity (Wildman–Crippen MR) is 131 cm³/mol. The molecule has 0 fully saturated rings. The van der Waals surface area contributed by atoms with Crippen molar-refractivity contribution in [3.05, 3.63) is 70.4 Å². The number of rotatable bonds is 6. The molecule has 4 rings (SSSR count). The Kier molecular flexibility index (Phi) is 8.62. The van der Waals surface area contributed by atoms with Crippen LogP contribution in [0.15, 0.2) is 58.9 Å². The highest BCUT2D eigenvalue weighted by Crippen LogP contribution is 2.40. The topological polar surface area (TPSA) is 95.9 Å². The van der Waals surface area contributed by atoms with Crippen molar-refractivity contribution >= 4 is 56.5 Å². The number of aromatic nitrogens is 1. The molecule has 8 nitrogen and oxygen atoms in total. The highest BCUT2D eigenvalue weighted by molar-refractivity contribution is 7.80. The average Bonchev–Trinajstić information content (AvgIpc) is 3.29. The molecule has 0 bridgehead atoms. The molecular weight excluding hydrogens is 503 g/mol. The largest absolute Gasteiger partial charge is 0.726 e. The quantitative estimate of drug-likeness (QED) is 0.244. The van der Waals surface area contributed by atoms with E-state index in [2.05, 4.69) is 27.5 Å². The molecule has 0 N–H and O–H groups in total. The maximum absolute atomic E-state index is 9.45. The number of oxazole rings is 1. The molecule has 0 radical (unpaired) electrons. The van der Waals surface area contributed by atoms with Crippen LogP contribution < -0.4 is 14.2 Å². The van der Waals surface area contributed by atoms with Crippen LogP contribution in [0.3, 0.4) is 0 Å². The maximum Gasteiger partial charge on any atom is 0.374 e. The van der Waals surface area contributed by atoms with Crippen LogP contribution in [0.1, 0.15) is 26.7 Å². The molecule has 34 heavy (non-hydrogen) atoms. The lowest BCUT2D eigenvalue weighted by molar-refractivity contribution is -0.674. The first-order chi connectivity index (χ1) is 16.2. The zero-order valence-corrected chi connectivity index (χ0v) is 21.2. The third-order valence-electron chi connectivity index (χ3n) is 4.76. The van der Waals surface area contributed by atoms with Gasteiger partial charge in [-0.25, -0.2) is 8.42 Å². The average molecular weight is 527 g/mol. The second kappa shape index (κ2) is 11.2. The smallest absolute Gasteiger partial charge is 0.374 e. The lowest BCUT2D eigenvalue weighted by Crippen LogP contribution is -2.33. The molecule has 3 aromatic rings. The summed E-state index contributed by atoms with van der Waals surface area (Å²) in [6, 6.07) is 11.3. The standard InChI is InChI=1S/C21H19Cl2N2O2.C2H6O4S/c1-3-24-16-12-14(22)8-10-18(16)26-20(24)6-5-7-21-25(4-2)17-13-15(23)9-11-19(17)27-21;1-2-6-7(3,4)5/h5-13H,3-4H2,1-2H3;2H2,1H3,(H,3,4,5)/q+1;/p-1. The first-order valence-electron chi connectivity index (χ1n) is 10.5. The van der Waals surface area contributed by atoms with Gasteiger partial charge in [-0.3, -0.25) is 4.18 Å². The summed E-state index contributed by atoms with van der Waals surface area (Å²) in [4.78, 5) is 2.08. The molecule has 1 aliphatic rings. The van der Waals surface area contributed by atoms with Crippen molar-refractivity contribution in [2.75, 3.05) is 18.1 Å². The first kappa shape index (κ1) is 26.1. The summed E-state index contributed by atoms with van der Waals surface area (Å²) in [6.45, 7) is 7.05. The van der Waals surface area contributed by atoms with E-state index in [0.29, 0.717) is 10.0 Å². The van der Waals surface area contributed by atoms with Gasteiger partial charge in [-0.05, 0) is 63.3 Å². The molecule has 0 aliphatic carbocycles. The van der Waals surface area contributed by atoms with Crippen molar-refractivity contribution in [1.29, 1.82) is 0 Å². The van der Waals surface area contributed by atoms with Crippen molar-refractivity contribution < 1.29 is 30.9 Å². The molecule has 182 valence electrons. The number of benzene rings is 2. The van der Waals surface area contributed by atoms with E-state index in [9.17, 15) is 13.0 Å². The van der Waals surface area contributed by atoms with Crippen LogP contribution in [0.5, 0.6) is 5.75 Å². The molecule has 1 aromatic heterocycles. The minimum absolute atomic E-state index is 0.0914. The van der Waals surface area contributed by atoms with Crippen LogP contribution in [0.4, 0.5) is 5.69 Å². The van der Waals surface area contributed by atoms with E-state index >= 15 is 0 Å². The van der Waals surface area contributed by atoms with Crippen molar-refractivity contribution in [2.45, 2.75) is 27.3 Å². The van der Waals surface area contributed by atoms with Gasteiger partial charge in [-0.1, -0.05) is 23.2 Å². The van der Waals surface area contributed by atoms with Crippen LogP contribution in [0.2, 0.25) is 10.0 Å². The highest BCUT2D eigenvalue weighted by atomic mass is 35.5. The van der Waals surface area contributed by atoms with Gasteiger partial charge in [-0.15, -0.1) is 0 Å². The minimum Gasteiger partial charge on any atom is -0.726 e. The lowest BCUT2D eigenvalue weighted by Gasteiger charge is -2.15. The van der Waals surface area contributed by atoms with E-state index in [0.717, 1.165) is 47.4 Å². The normalized spacial score (nSPS) is 14.4. The highest BCUT2D eigenvalue weighted by Gasteiger charge is 2.25. The Morgan fingerprint density at radius 3 is 2.44 bits per heavy atom. The summed E-state index contributed by atoms with van der Waals surface area (Å²) >= 11 is 12.2. The van der Waals surface area contributed by atoms with Gasteiger partial charge in [0.2, 0.25) is 21.9 Å². The van der Waals surface area contributed by atoms with Crippen LogP contribution in [0, 0.1) is 0 Å². The SMILES string of the molecule is CCN1/C(=C/C=C/c2oc3ccc(Cl)cc3[n+]2CC)Oc2ccc(Cl)cc21.CCOS(=O)(=O)[O-]. The second-order valence-corrected chi connectivity index (χ2v) is 8.86. The third-order valence-corrected chi connectivity index (χ3v) is 5.75. The molecule has 0 saturated heterocycles. The number of fused-ring (bicyclic) bond motifs is 2. The van der Waals surface area contributed by atoms with Crippen LogP contribution >= 0.6 is 23.2 Å². The number of hydrogen-bond acceptors (Lipinski definition) is 7. The Morgan fingerprint density at radius 1 is 1.12 bits per heavy atom. The number of allylic oxidation sites excluding steroid dienone is 2. The van der Waals surface area contributed by atoms with Gasteiger partial charge in [0.15, 0.2) is 5.75 Å². The summed E-state index contributed by atoms with van der Waals surface area (Å²) in [6.07, 6.45) is 5.78. The lowest BCUT2D eigenvalue weighted by atomic mass is 10.3. The zero-order valence-electron chi connectivity index (χ0n) is 18.8. The molecular formula is C23H24Cl2N2O6S. The van der Waals surface area contributed by atoms with E-state index in [-0.39, 0.29) is 6.61 Å². The molecule has 11 heteroatoms. The summed E-state index contributed by atoms with van der Waals surface area (Å²) < 4.78 is 46.0. The predicted octanol–water partition coefficient (Wildman–Crippen LogP) is 5.30. The van der Waals surface area contributed by atoms with Gasteiger partial charge in [0, 0.05) is 22.7 Å². The second-order valence-electron chi connectivity index (χ2n) is 6.93. The van der Waals surface area contributed by atoms with Crippen molar-refractivity contribution in [1.82, 2.24) is 0 Å². The Balaban J connectivity index is 0.000000406. The molecule has 2 aromatic carbocycles. The number of ether oxygens (including phenoxy) is 1. The summed E-state index contributed by atoms with van der Waals surface area (Å²) in [5.74, 6) is 2.32. The van der Waals surface area contributed by atoms with E-state index in [1.807, 2.05) is 54.6 Å². The molecule has 0 atom stereocenters. The summed E-state index contributed by atoms with van der Waals surface area (Å²) in [5.41, 5.74) is 2.77. The van der Waals surface area contributed by atoms with Gasteiger partial charge in [0.1, 0.15) is 6.54 Å². The Bertz CT molecular complexity index is 1330. The third kappa shape index (κ3) is 6.31. The Morgan fingerprint density at radius 2 is 1.82 bits per heavy atom. The molecule has 1 aliphatic heterocycles. The fourth-order valence-corrected chi connectivity index (χ4v) is 4.03. The van der Waals surface area contributed by atoms with Gasteiger partial charge < -0.3 is 18.6 Å². The zero-order chi connectivity index (χ0) is 24.9. The van der Waals surface area contributed by atoms with Crippen LogP contribution in [0.25, 0.3) is 17.2 Å². The summed E-state index contributed by atoms with van der Waals surface area (Å²) in [5, 5.41) is 1.38. The molecule has 0 saturated carbocycles. The van der Waals surface area contributed by atoms with Crippen molar-refractivity contribution in [3.8, 4) is 5.75 Å². The van der Waals surface area contributed by atoms with E-state index < -0.39 is 10.4 Å². The summed E-state index contributed by atoms with van der Waals surface area (Å²) in [7, 11) is -4.42. The van der Waals surface area contributed by atoms with Gasteiger partial charge in [-0.2, -0.15) is 4.57 Å². The fourth-order valence-electron chi connectivity index (χ4n) is 3.41. The fraction of sp³-hybridized carbons (Fsp3) is 0.261. The van der Waals surface area contributed by atoms with Gasteiger partial charge in [0.25, 0.3) is 5.52 Å². The van der Waals surface area contributed by atoms with Crippen LogP contribution in [-0.2, 0) is 21.1 Å².